The van der Waals surface area contributed by atoms with Crippen LogP contribution in [0, 0.1) is 6.92 Å². The molecule has 1 fully saturated rings. The minimum absolute atomic E-state index is 0.0108. The van der Waals surface area contributed by atoms with Crippen LogP contribution < -0.4 is 10.5 Å². The number of hydrogen-bond donors (Lipinski definition) is 2. The first-order valence-electron chi connectivity index (χ1n) is 6.06. The second-order valence-corrected chi connectivity index (χ2v) is 7.92. The molecule has 0 radical (unpaired) electrons. The average molecular weight is 321 g/mol. The van der Waals surface area contributed by atoms with E-state index in [1.165, 1.54) is 6.07 Å². The molecule has 3 N–H and O–H groups in total. The van der Waals surface area contributed by atoms with Crippen LogP contribution in [0.1, 0.15) is 18.4 Å². The number of sulfonamides is 1. The normalized spacial score (nSPS) is 20.4. The van der Waals surface area contributed by atoms with Gasteiger partial charge in [0.1, 0.15) is 0 Å². The van der Waals surface area contributed by atoms with Crippen molar-refractivity contribution in [1.82, 2.24) is 4.72 Å². The molecule has 1 aliphatic rings. The van der Waals surface area contributed by atoms with Gasteiger partial charge in [-0.05, 0) is 43.2 Å². The largest absolute Gasteiger partial charge is 0.398 e. The van der Waals surface area contributed by atoms with E-state index < -0.39 is 10.0 Å². The number of hydrogen-bond acceptors (Lipinski definition) is 4. The summed E-state index contributed by atoms with van der Waals surface area (Å²) >= 11 is 7.67. The number of nitrogens with two attached hydrogens (primary N) is 1. The zero-order valence-electron chi connectivity index (χ0n) is 10.6. The fourth-order valence-corrected chi connectivity index (χ4v) is 5.11. The Labute approximate surface area is 123 Å². The van der Waals surface area contributed by atoms with Crippen LogP contribution in [0.4, 0.5) is 5.69 Å². The van der Waals surface area contributed by atoms with Gasteiger partial charge in [-0.3, -0.25) is 0 Å². The summed E-state index contributed by atoms with van der Waals surface area (Å²) in [5.74, 6) is 1.91. The Morgan fingerprint density at radius 1 is 1.47 bits per heavy atom. The number of anilines is 1. The SMILES string of the molecule is Cc1c(N)cc(Cl)cc1S(=O)(=O)NC1CCCSC1. The Hall–Kier alpha value is -0.430. The van der Waals surface area contributed by atoms with Crippen molar-refractivity contribution in [2.45, 2.75) is 30.7 Å². The molecule has 1 atom stereocenters. The van der Waals surface area contributed by atoms with Crippen LogP contribution in [0.5, 0.6) is 0 Å². The van der Waals surface area contributed by atoms with Gasteiger partial charge in [0.15, 0.2) is 0 Å². The first-order chi connectivity index (χ1) is 8.90. The summed E-state index contributed by atoms with van der Waals surface area (Å²) in [7, 11) is -3.56. The van der Waals surface area contributed by atoms with Crippen molar-refractivity contribution in [2.75, 3.05) is 17.2 Å². The van der Waals surface area contributed by atoms with Crippen LogP contribution in [-0.4, -0.2) is 26.0 Å². The molecule has 0 spiro atoms. The zero-order valence-corrected chi connectivity index (χ0v) is 13.0. The number of rotatable bonds is 3. The van der Waals surface area contributed by atoms with Gasteiger partial charge >= 0.3 is 0 Å². The smallest absolute Gasteiger partial charge is 0.241 e. The van der Waals surface area contributed by atoms with Crippen molar-refractivity contribution in [3.05, 3.63) is 22.7 Å². The van der Waals surface area contributed by atoms with Gasteiger partial charge in [0.05, 0.1) is 4.90 Å². The van der Waals surface area contributed by atoms with Gasteiger partial charge in [-0.1, -0.05) is 11.6 Å². The number of nitrogens with one attached hydrogen (secondary N) is 1. The summed E-state index contributed by atoms with van der Waals surface area (Å²) in [6.07, 6.45) is 1.91. The van der Waals surface area contributed by atoms with Gasteiger partial charge in [0.25, 0.3) is 0 Å². The average Bonchev–Trinajstić information content (AvgIpc) is 2.34. The van der Waals surface area contributed by atoms with Crippen molar-refractivity contribution in [2.24, 2.45) is 0 Å². The number of nitrogen functional groups attached to an aromatic ring is 1. The third-order valence-electron chi connectivity index (χ3n) is 3.14. The highest BCUT2D eigenvalue weighted by Crippen LogP contribution is 2.27. The third-order valence-corrected chi connectivity index (χ3v) is 6.22. The molecule has 0 bridgehead atoms. The summed E-state index contributed by atoms with van der Waals surface area (Å²) in [5.41, 5.74) is 6.71. The van der Waals surface area contributed by atoms with Gasteiger partial charge < -0.3 is 5.73 Å². The molecule has 2 rings (SSSR count). The van der Waals surface area contributed by atoms with Crippen molar-refractivity contribution < 1.29 is 8.42 Å². The van der Waals surface area contributed by atoms with E-state index in [1.807, 2.05) is 0 Å². The zero-order chi connectivity index (χ0) is 14.0. The molecule has 106 valence electrons. The molecule has 0 amide bonds. The van der Waals surface area contributed by atoms with Gasteiger partial charge in [-0.15, -0.1) is 0 Å². The number of thioether (sulfide) groups is 1. The molecule has 1 aromatic rings. The quantitative estimate of drug-likeness (QED) is 0.839. The molecule has 0 aromatic heterocycles. The Morgan fingerprint density at radius 2 is 2.21 bits per heavy atom. The van der Waals surface area contributed by atoms with Crippen LogP contribution in [-0.2, 0) is 10.0 Å². The topological polar surface area (TPSA) is 72.2 Å². The molecule has 4 nitrogen and oxygen atoms in total. The molecule has 1 aliphatic heterocycles. The van der Waals surface area contributed by atoms with Crippen molar-refractivity contribution in [1.29, 1.82) is 0 Å². The van der Waals surface area contributed by atoms with Crippen molar-refractivity contribution in [3.63, 3.8) is 0 Å². The first kappa shape index (κ1) is 15.0. The second kappa shape index (κ2) is 5.91. The van der Waals surface area contributed by atoms with Crippen LogP contribution in [0.3, 0.4) is 0 Å². The molecule has 1 aromatic carbocycles. The van der Waals surface area contributed by atoms with Crippen LogP contribution in [0.25, 0.3) is 0 Å². The lowest BCUT2D eigenvalue weighted by molar-refractivity contribution is 0.542. The highest BCUT2D eigenvalue weighted by atomic mass is 35.5. The van der Waals surface area contributed by atoms with Gasteiger partial charge in [-0.2, -0.15) is 11.8 Å². The monoisotopic (exact) mass is 320 g/mol. The van der Waals surface area contributed by atoms with E-state index in [4.69, 9.17) is 17.3 Å². The summed E-state index contributed by atoms with van der Waals surface area (Å²) in [6.45, 7) is 1.69. The van der Waals surface area contributed by atoms with Gasteiger partial charge in [0.2, 0.25) is 10.0 Å². The van der Waals surface area contributed by atoms with Gasteiger partial charge in [-0.25, -0.2) is 13.1 Å². The maximum absolute atomic E-state index is 12.4. The Kier molecular flexibility index (Phi) is 4.66. The summed E-state index contributed by atoms with van der Waals surface area (Å²) in [5, 5.41) is 0.335. The highest BCUT2D eigenvalue weighted by molar-refractivity contribution is 7.99. The van der Waals surface area contributed by atoms with E-state index in [0.29, 0.717) is 16.3 Å². The molecule has 1 saturated heterocycles. The van der Waals surface area contributed by atoms with E-state index in [1.54, 1.807) is 24.8 Å². The van der Waals surface area contributed by atoms with E-state index in [-0.39, 0.29) is 10.9 Å². The lowest BCUT2D eigenvalue weighted by atomic mass is 10.2. The maximum atomic E-state index is 12.4. The molecule has 1 heterocycles. The first-order valence-corrected chi connectivity index (χ1v) is 9.07. The molecule has 19 heavy (non-hydrogen) atoms. The fraction of sp³-hybridized carbons (Fsp3) is 0.500. The molecule has 0 saturated carbocycles. The maximum Gasteiger partial charge on any atom is 0.241 e. The molecular formula is C12H17ClN2O2S2. The second-order valence-electron chi connectivity index (χ2n) is 4.65. The lowest BCUT2D eigenvalue weighted by Crippen LogP contribution is -2.38. The molecule has 0 aliphatic carbocycles. The Balaban J connectivity index is 2.28. The summed E-state index contributed by atoms with van der Waals surface area (Å²) in [6, 6.07) is 3.00. The van der Waals surface area contributed by atoms with Crippen LogP contribution in [0.2, 0.25) is 5.02 Å². The van der Waals surface area contributed by atoms with E-state index in [2.05, 4.69) is 4.72 Å². The number of halogens is 1. The van der Waals surface area contributed by atoms with E-state index in [0.717, 1.165) is 24.3 Å². The standard InChI is InChI=1S/C12H17ClN2O2S2/c1-8-11(14)5-9(13)6-12(8)19(16,17)15-10-3-2-4-18-7-10/h5-6,10,15H,2-4,7,14H2,1H3. The predicted octanol–water partition coefficient (Wildman–Crippen LogP) is 2.40. The van der Waals surface area contributed by atoms with Crippen LogP contribution in [0.15, 0.2) is 17.0 Å². The lowest BCUT2D eigenvalue weighted by Gasteiger charge is -2.23. The minimum atomic E-state index is -3.56. The van der Waals surface area contributed by atoms with Crippen molar-refractivity contribution in [3.8, 4) is 0 Å². The molecule has 1 unspecified atom stereocenters. The molecule has 7 heteroatoms. The van der Waals surface area contributed by atoms with Crippen LogP contribution >= 0.6 is 23.4 Å². The highest BCUT2D eigenvalue weighted by Gasteiger charge is 2.24. The minimum Gasteiger partial charge on any atom is -0.398 e. The Morgan fingerprint density at radius 3 is 2.84 bits per heavy atom. The fourth-order valence-electron chi connectivity index (χ4n) is 2.07. The predicted molar refractivity (Wildman–Crippen MR) is 81.3 cm³/mol. The van der Waals surface area contributed by atoms with Crippen molar-refractivity contribution >= 4 is 39.1 Å². The Bertz CT molecular complexity index is 569. The molecular weight excluding hydrogens is 304 g/mol. The van der Waals surface area contributed by atoms with Gasteiger partial charge in [0, 0.05) is 22.5 Å². The van der Waals surface area contributed by atoms with E-state index >= 15 is 0 Å². The summed E-state index contributed by atoms with van der Waals surface area (Å²) in [4.78, 5) is 0.174. The number of benzene rings is 1. The van der Waals surface area contributed by atoms with E-state index in [9.17, 15) is 8.42 Å². The third kappa shape index (κ3) is 3.56. The summed E-state index contributed by atoms with van der Waals surface area (Å²) < 4.78 is 27.5.